The quantitative estimate of drug-likeness (QED) is 0.512. The lowest BCUT2D eigenvalue weighted by Gasteiger charge is -2.32. The van der Waals surface area contributed by atoms with Crippen LogP contribution in [-0.2, 0) is 13.9 Å². The molecule has 1 aliphatic carbocycles. The largest absolute Gasteiger partial charge is 0.378 e. The molecule has 168 valence electrons. The Morgan fingerprint density at radius 2 is 1.68 bits per heavy atom. The van der Waals surface area contributed by atoms with Gasteiger partial charge < -0.3 is 14.9 Å². The van der Waals surface area contributed by atoms with Gasteiger partial charge in [0.05, 0.1) is 0 Å². The lowest BCUT2D eigenvalue weighted by Crippen LogP contribution is -2.45. The van der Waals surface area contributed by atoms with Crippen LogP contribution in [0.3, 0.4) is 0 Å². The van der Waals surface area contributed by atoms with E-state index in [0.29, 0.717) is 15.9 Å². The number of carbonyl (C=O) groups is 1. The standard InChI is InChI=1S/C24H31ClNO4P/c1-17(2)22(23(27)26-20-11-7-4-8-12-20)30-31(29,21-15-13-19(25)14-16-21)24(28)18-9-5-3-6-10-18/h3,5-6,9-10,13-17,20,22,24,28H,4,7-8,11-12H2,1-2H3,(H,26,27). The van der Waals surface area contributed by atoms with E-state index in [1.54, 1.807) is 48.5 Å². The molecule has 2 N–H and O–H groups in total. The summed E-state index contributed by atoms with van der Waals surface area (Å²) in [7, 11) is -3.89. The highest BCUT2D eigenvalue weighted by Crippen LogP contribution is 2.59. The highest BCUT2D eigenvalue weighted by atomic mass is 35.5. The molecule has 5 nitrogen and oxygen atoms in total. The number of halogens is 1. The monoisotopic (exact) mass is 463 g/mol. The van der Waals surface area contributed by atoms with Crippen molar-refractivity contribution < 1.29 is 19.0 Å². The summed E-state index contributed by atoms with van der Waals surface area (Å²) in [5.74, 6) is -1.91. The lowest BCUT2D eigenvalue weighted by atomic mass is 9.95. The Bertz CT molecular complexity index is 898. The van der Waals surface area contributed by atoms with Gasteiger partial charge in [-0.2, -0.15) is 0 Å². The van der Waals surface area contributed by atoms with E-state index in [0.717, 1.165) is 25.7 Å². The summed E-state index contributed by atoms with van der Waals surface area (Å²) in [6, 6.07) is 15.2. The topological polar surface area (TPSA) is 75.6 Å². The van der Waals surface area contributed by atoms with Crippen LogP contribution in [0, 0.1) is 5.92 Å². The summed E-state index contributed by atoms with van der Waals surface area (Å²) in [4.78, 5) is 13.1. The Morgan fingerprint density at radius 1 is 1.06 bits per heavy atom. The molecule has 7 heteroatoms. The summed E-state index contributed by atoms with van der Waals surface area (Å²) >= 11 is 6.02. The first kappa shape index (κ1) is 24.0. The van der Waals surface area contributed by atoms with Crippen molar-refractivity contribution in [1.29, 1.82) is 0 Å². The summed E-state index contributed by atoms with van der Waals surface area (Å²) in [5, 5.41) is 15.0. The highest BCUT2D eigenvalue weighted by molar-refractivity contribution is 7.67. The maximum atomic E-state index is 14.2. The first-order valence-corrected chi connectivity index (χ1v) is 13.0. The minimum atomic E-state index is -3.89. The van der Waals surface area contributed by atoms with Crippen LogP contribution in [0.1, 0.15) is 57.4 Å². The molecule has 1 fully saturated rings. The van der Waals surface area contributed by atoms with Gasteiger partial charge in [-0.3, -0.25) is 9.36 Å². The number of carbonyl (C=O) groups excluding carboxylic acids is 1. The second kappa shape index (κ2) is 10.8. The van der Waals surface area contributed by atoms with Crippen LogP contribution in [0.5, 0.6) is 0 Å². The molecule has 1 amide bonds. The minimum Gasteiger partial charge on any atom is -0.378 e. The third-order valence-corrected chi connectivity index (χ3v) is 8.44. The van der Waals surface area contributed by atoms with Crippen molar-refractivity contribution in [3.63, 3.8) is 0 Å². The van der Waals surface area contributed by atoms with Crippen molar-refractivity contribution in [2.24, 2.45) is 5.92 Å². The fraction of sp³-hybridized carbons (Fsp3) is 0.458. The number of nitrogens with one attached hydrogen (secondary N) is 1. The van der Waals surface area contributed by atoms with E-state index in [2.05, 4.69) is 5.32 Å². The van der Waals surface area contributed by atoms with Gasteiger partial charge in [-0.1, -0.05) is 75.0 Å². The average molecular weight is 464 g/mol. The molecule has 2 aromatic carbocycles. The van der Waals surface area contributed by atoms with Crippen molar-refractivity contribution in [3.05, 3.63) is 65.2 Å². The molecule has 0 heterocycles. The van der Waals surface area contributed by atoms with Crippen molar-refractivity contribution in [1.82, 2.24) is 5.32 Å². The van der Waals surface area contributed by atoms with Gasteiger partial charge >= 0.3 is 0 Å². The van der Waals surface area contributed by atoms with Gasteiger partial charge in [-0.15, -0.1) is 0 Å². The minimum absolute atomic E-state index is 0.111. The summed E-state index contributed by atoms with van der Waals surface area (Å²) in [5.41, 5.74) is 0.468. The molecule has 0 aliphatic heterocycles. The Labute approximate surface area is 189 Å². The zero-order chi connectivity index (χ0) is 22.4. The second-order valence-corrected chi connectivity index (χ2v) is 11.3. The molecule has 1 aliphatic rings. The molecule has 2 aromatic rings. The van der Waals surface area contributed by atoms with Crippen LogP contribution < -0.4 is 10.6 Å². The smallest absolute Gasteiger partial charge is 0.264 e. The van der Waals surface area contributed by atoms with E-state index >= 15 is 0 Å². The van der Waals surface area contributed by atoms with Crippen LogP contribution in [0.25, 0.3) is 0 Å². The maximum Gasteiger partial charge on any atom is 0.264 e. The first-order chi connectivity index (χ1) is 14.8. The maximum absolute atomic E-state index is 14.2. The first-order valence-electron chi connectivity index (χ1n) is 10.9. The fourth-order valence-corrected chi connectivity index (χ4v) is 6.35. The molecular formula is C24H31ClNO4P. The predicted molar refractivity (Wildman–Crippen MR) is 125 cm³/mol. The van der Waals surface area contributed by atoms with Gasteiger partial charge in [0, 0.05) is 16.4 Å². The third kappa shape index (κ3) is 5.98. The molecular weight excluding hydrogens is 433 g/mol. The Hall–Kier alpha value is -1.65. The summed E-state index contributed by atoms with van der Waals surface area (Å²) in [6.45, 7) is 3.71. The van der Waals surface area contributed by atoms with Crippen LogP contribution >= 0.6 is 19.0 Å². The molecule has 0 aromatic heterocycles. The number of hydrogen-bond acceptors (Lipinski definition) is 4. The van der Waals surface area contributed by atoms with E-state index in [1.165, 1.54) is 6.42 Å². The third-order valence-electron chi connectivity index (χ3n) is 5.69. The van der Waals surface area contributed by atoms with E-state index in [1.807, 2.05) is 19.9 Å². The van der Waals surface area contributed by atoms with Gasteiger partial charge in [0.1, 0.15) is 6.10 Å². The molecule has 3 atom stereocenters. The lowest BCUT2D eigenvalue weighted by molar-refractivity contribution is -0.130. The van der Waals surface area contributed by atoms with Gasteiger partial charge in [0.25, 0.3) is 7.37 Å². The van der Waals surface area contributed by atoms with Crippen LogP contribution in [0.4, 0.5) is 0 Å². The SMILES string of the molecule is CC(C)C(OP(=O)(c1ccc(Cl)cc1)C(O)c1ccccc1)C(=O)NC1CCCCC1. The van der Waals surface area contributed by atoms with Crippen molar-refractivity contribution >= 4 is 30.2 Å². The number of rotatable bonds is 8. The normalized spacial score (nSPS) is 18.9. The average Bonchev–Trinajstić information content (AvgIpc) is 2.78. The van der Waals surface area contributed by atoms with E-state index in [9.17, 15) is 14.5 Å². The van der Waals surface area contributed by atoms with Crippen molar-refractivity contribution in [2.45, 2.75) is 63.9 Å². The molecule has 3 unspecified atom stereocenters. The van der Waals surface area contributed by atoms with Crippen LogP contribution in [0.15, 0.2) is 54.6 Å². The number of benzene rings is 2. The Kier molecular flexibility index (Phi) is 8.35. The molecule has 3 rings (SSSR count). The molecule has 31 heavy (non-hydrogen) atoms. The molecule has 0 spiro atoms. The molecule has 0 bridgehead atoms. The van der Waals surface area contributed by atoms with E-state index in [4.69, 9.17) is 16.1 Å². The summed E-state index contributed by atoms with van der Waals surface area (Å²) < 4.78 is 20.3. The zero-order valence-corrected chi connectivity index (χ0v) is 19.7. The van der Waals surface area contributed by atoms with Gasteiger partial charge in [0.2, 0.25) is 5.91 Å². The molecule has 0 saturated heterocycles. The zero-order valence-electron chi connectivity index (χ0n) is 18.0. The van der Waals surface area contributed by atoms with E-state index in [-0.39, 0.29) is 17.9 Å². The van der Waals surface area contributed by atoms with E-state index < -0.39 is 19.3 Å². The molecule has 1 saturated carbocycles. The van der Waals surface area contributed by atoms with Crippen molar-refractivity contribution in [2.75, 3.05) is 0 Å². The Morgan fingerprint density at radius 3 is 2.26 bits per heavy atom. The van der Waals surface area contributed by atoms with Gasteiger partial charge in [-0.25, -0.2) is 0 Å². The number of hydrogen-bond donors (Lipinski definition) is 2. The second-order valence-electron chi connectivity index (χ2n) is 8.47. The van der Waals surface area contributed by atoms with Gasteiger partial charge in [0.15, 0.2) is 5.85 Å². The Balaban J connectivity index is 1.92. The summed E-state index contributed by atoms with van der Waals surface area (Å²) in [6.07, 6.45) is 4.30. The highest BCUT2D eigenvalue weighted by Gasteiger charge is 2.41. The number of amides is 1. The van der Waals surface area contributed by atoms with Crippen LogP contribution in [-0.4, -0.2) is 23.2 Å². The number of aliphatic hydroxyl groups is 1. The number of aliphatic hydroxyl groups excluding tert-OH is 1. The van der Waals surface area contributed by atoms with Crippen molar-refractivity contribution in [3.8, 4) is 0 Å². The van der Waals surface area contributed by atoms with Crippen LogP contribution in [0.2, 0.25) is 5.02 Å². The predicted octanol–water partition coefficient (Wildman–Crippen LogP) is 5.42. The fourth-order valence-electron chi connectivity index (χ4n) is 3.90. The molecule has 0 radical (unpaired) electrons. The van der Waals surface area contributed by atoms with Gasteiger partial charge in [-0.05, 0) is 48.6 Å².